The van der Waals surface area contributed by atoms with Gasteiger partial charge in [-0.1, -0.05) is 44.2 Å². The summed E-state index contributed by atoms with van der Waals surface area (Å²) in [5, 5.41) is 6.15. The number of esters is 1. The number of amides is 1. The number of carbonyl (C=O) groups excluding carboxylic acids is 2. The molecule has 51 heavy (non-hydrogen) atoms. The second-order valence-corrected chi connectivity index (χ2v) is 13.4. The fraction of sp³-hybridized carbons (Fsp3) is 0.632. The van der Waals surface area contributed by atoms with E-state index in [1.54, 1.807) is 21.1 Å². The Morgan fingerprint density at radius 1 is 0.961 bits per heavy atom. The van der Waals surface area contributed by atoms with Gasteiger partial charge >= 0.3 is 5.97 Å². The second kappa shape index (κ2) is 21.3. The van der Waals surface area contributed by atoms with Crippen molar-refractivity contribution in [1.29, 1.82) is 0 Å². The van der Waals surface area contributed by atoms with Crippen molar-refractivity contribution in [3.63, 3.8) is 0 Å². The number of anilines is 1. The highest BCUT2D eigenvalue weighted by molar-refractivity contribution is 5.85. The SMILES string of the molecule is COCCCN1CCOc2ccc(CO[C@H]3CNC[C@@H](OC[C@@H](C)OC(=O)[C@@H](NC(=O)CN)C(C)C)[C@@H]3c3ccc(COCCOC)cc3)cc21. The van der Waals surface area contributed by atoms with Gasteiger partial charge < -0.3 is 54.4 Å². The molecule has 2 heterocycles. The Balaban J connectivity index is 1.46. The van der Waals surface area contributed by atoms with Gasteiger partial charge in [0, 0.05) is 46.4 Å². The van der Waals surface area contributed by atoms with Crippen molar-refractivity contribution < 1.29 is 42.7 Å². The fourth-order valence-corrected chi connectivity index (χ4v) is 6.32. The Labute approximate surface area is 302 Å². The molecular formula is C38H58N4O9. The molecule has 0 saturated carbocycles. The topological polar surface area (TPSA) is 152 Å². The maximum atomic E-state index is 13.0. The first kappa shape index (κ1) is 40.5. The Kier molecular flexibility index (Phi) is 16.9. The van der Waals surface area contributed by atoms with E-state index in [1.165, 1.54) is 0 Å². The van der Waals surface area contributed by atoms with Gasteiger partial charge in [0.25, 0.3) is 0 Å². The van der Waals surface area contributed by atoms with Gasteiger partial charge in [-0.3, -0.25) is 4.79 Å². The number of nitrogens with one attached hydrogen (secondary N) is 2. The number of fused-ring (bicyclic) bond motifs is 1. The Bertz CT molecular complexity index is 1350. The number of methoxy groups -OCH3 is 2. The van der Waals surface area contributed by atoms with Crippen LogP contribution in [0.2, 0.25) is 0 Å². The minimum absolute atomic E-state index is 0.101. The number of carbonyl (C=O) groups is 2. The fourth-order valence-electron chi connectivity index (χ4n) is 6.32. The minimum Gasteiger partial charge on any atom is -0.490 e. The lowest BCUT2D eigenvalue weighted by molar-refractivity contribution is -0.158. The van der Waals surface area contributed by atoms with Crippen molar-refractivity contribution in [3.8, 4) is 5.75 Å². The maximum absolute atomic E-state index is 13.0. The summed E-state index contributed by atoms with van der Waals surface area (Å²) >= 11 is 0. The van der Waals surface area contributed by atoms with E-state index < -0.39 is 24.0 Å². The van der Waals surface area contributed by atoms with Gasteiger partial charge in [0.1, 0.15) is 24.5 Å². The molecule has 2 aromatic rings. The van der Waals surface area contributed by atoms with Crippen LogP contribution in [0.4, 0.5) is 5.69 Å². The quantitative estimate of drug-likeness (QED) is 0.129. The van der Waals surface area contributed by atoms with E-state index in [0.29, 0.717) is 52.7 Å². The molecule has 0 radical (unpaired) electrons. The number of benzene rings is 2. The summed E-state index contributed by atoms with van der Waals surface area (Å²) in [5.74, 6) is -0.307. The van der Waals surface area contributed by atoms with Gasteiger partial charge in [-0.05, 0) is 48.1 Å². The van der Waals surface area contributed by atoms with E-state index in [1.807, 2.05) is 19.9 Å². The van der Waals surface area contributed by atoms with E-state index in [-0.39, 0.29) is 37.2 Å². The number of hydrogen-bond acceptors (Lipinski definition) is 12. The Morgan fingerprint density at radius 3 is 2.39 bits per heavy atom. The molecule has 13 heteroatoms. The van der Waals surface area contributed by atoms with E-state index in [0.717, 1.165) is 47.6 Å². The first-order chi connectivity index (χ1) is 24.7. The number of ether oxygens (including phenoxy) is 7. The van der Waals surface area contributed by atoms with E-state index >= 15 is 0 Å². The van der Waals surface area contributed by atoms with E-state index in [9.17, 15) is 9.59 Å². The zero-order valence-corrected chi connectivity index (χ0v) is 30.9. The largest absolute Gasteiger partial charge is 0.490 e. The number of rotatable bonds is 21. The summed E-state index contributed by atoms with van der Waals surface area (Å²) in [7, 11) is 3.38. The van der Waals surface area contributed by atoms with Crippen molar-refractivity contribution in [2.45, 2.75) is 70.7 Å². The number of piperidine rings is 1. The number of nitrogens with zero attached hydrogens (tertiary/aromatic N) is 1. The van der Waals surface area contributed by atoms with Crippen molar-refractivity contribution in [1.82, 2.24) is 10.6 Å². The molecule has 2 aliphatic rings. The molecule has 5 atom stereocenters. The van der Waals surface area contributed by atoms with Gasteiger partial charge in [0.15, 0.2) is 0 Å². The van der Waals surface area contributed by atoms with Crippen molar-refractivity contribution in [2.24, 2.45) is 11.7 Å². The summed E-state index contributed by atoms with van der Waals surface area (Å²) < 4.78 is 41.0. The van der Waals surface area contributed by atoms with Crippen LogP contribution < -0.4 is 26.0 Å². The molecule has 0 aromatic heterocycles. The molecule has 0 aliphatic carbocycles. The van der Waals surface area contributed by atoms with E-state index in [2.05, 4.69) is 51.9 Å². The lowest BCUT2D eigenvalue weighted by Gasteiger charge is -2.39. The highest BCUT2D eigenvalue weighted by Gasteiger charge is 2.37. The third kappa shape index (κ3) is 12.4. The molecule has 1 amide bonds. The first-order valence-corrected chi connectivity index (χ1v) is 18.0. The van der Waals surface area contributed by atoms with Crippen LogP contribution in [0, 0.1) is 5.92 Å². The van der Waals surface area contributed by atoms with Gasteiger partial charge in [-0.25, -0.2) is 4.79 Å². The molecule has 13 nitrogen and oxygen atoms in total. The van der Waals surface area contributed by atoms with Gasteiger partial charge in [0.2, 0.25) is 5.91 Å². The van der Waals surface area contributed by atoms with E-state index in [4.69, 9.17) is 38.9 Å². The minimum atomic E-state index is -0.796. The monoisotopic (exact) mass is 714 g/mol. The second-order valence-electron chi connectivity index (χ2n) is 13.4. The molecule has 2 aliphatic heterocycles. The zero-order valence-electron chi connectivity index (χ0n) is 30.9. The molecule has 1 saturated heterocycles. The van der Waals surface area contributed by atoms with Gasteiger partial charge in [-0.15, -0.1) is 0 Å². The molecule has 4 N–H and O–H groups in total. The lowest BCUT2D eigenvalue weighted by Crippen LogP contribution is -2.51. The summed E-state index contributed by atoms with van der Waals surface area (Å²) in [6.45, 7) is 11.8. The smallest absolute Gasteiger partial charge is 0.329 e. The standard InChI is InChI=1S/C38H58N4O9/c1-26(2)37(41-35(43)20-39)38(44)51-27(3)23-49-33-21-40-22-34(36(33)30-10-7-28(8-11-30)24-47-18-17-46-5)50-25-29-9-12-32-31(19-29)42(14-16-48-32)13-6-15-45-4/h7-12,19,26-27,33-34,36-37,40H,6,13-18,20-25,39H2,1-5H3,(H,41,43)/t27-,33-,34+,36+,37+/m1/s1. The predicted octanol–water partition coefficient (Wildman–Crippen LogP) is 2.77. The van der Waals surface area contributed by atoms with Crippen molar-refractivity contribution >= 4 is 17.6 Å². The third-order valence-corrected chi connectivity index (χ3v) is 9.07. The summed E-state index contributed by atoms with van der Waals surface area (Å²) in [4.78, 5) is 27.2. The molecule has 1 fully saturated rings. The molecular weight excluding hydrogens is 656 g/mol. The van der Waals surface area contributed by atoms with Crippen molar-refractivity contribution in [2.75, 3.05) is 84.9 Å². The highest BCUT2D eigenvalue weighted by atomic mass is 16.6. The number of hydrogen-bond donors (Lipinski definition) is 3. The predicted molar refractivity (Wildman–Crippen MR) is 194 cm³/mol. The molecule has 4 rings (SSSR count). The molecule has 284 valence electrons. The maximum Gasteiger partial charge on any atom is 0.329 e. The van der Waals surface area contributed by atoms with Crippen molar-refractivity contribution in [3.05, 3.63) is 59.2 Å². The van der Waals surface area contributed by atoms with Crippen LogP contribution in [-0.2, 0) is 51.2 Å². The van der Waals surface area contributed by atoms with Crippen LogP contribution in [0.1, 0.15) is 49.8 Å². The molecule has 0 spiro atoms. The van der Waals surface area contributed by atoms with Crippen LogP contribution in [0.15, 0.2) is 42.5 Å². The third-order valence-electron chi connectivity index (χ3n) is 9.07. The summed E-state index contributed by atoms with van der Waals surface area (Å²) in [5.41, 5.74) is 9.73. The summed E-state index contributed by atoms with van der Waals surface area (Å²) in [6, 6.07) is 13.8. The van der Waals surface area contributed by atoms with Crippen LogP contribution in [0.25, 0.3) is 0 Å². The molecule has 0 bridgehead atoms. The molecule has 0 unspecified atom stereocenters. The van der Waals surface area contributed by atoms with Crippen LogP contribution in [0.5, 0.6) is 5.75 Å². The summed E-state index contributed by atoms with van der Waals surface area (Å²) in [6.07, 6.45) is -0.0781. The zero-order chi connectivity index (χ0) is 36.6. The Hall–Kier alpha value is -3.30. The lowest BCUT2D eigenvalue weighted by atomic mass is 9.85. The first-order valence-electron chi connectivity index (χ1n) is 18.0. The van der Waals surface area contributed by atoms with Gasteiger partial charge in [-0.2, -0.15) is 0 Å². The van der Waals surface area contributed by atoms with Crippen LogP contribution in [0.3, 0.4) is 0 Å². The van der Waals surface area contributed by atoms with Crippen LogP contribution >= 0.6 is 0 Å². The van der Waals surface area contributed by atoms with Gasteiger partial charge in [0.05, 0.1) is 64.0 Å². The average molecular weight is 715 g/mol. The average Bonchev–Trinajstić information content (AvgIpc) is 3.14. The number of nitrogens with two attached hydrogens (primary N) is 1. The highest BCUT2D eigenvalue weighted by Crippen LogP contribution is 2.35. The molecule has 2 aromatic carbocycles. The Morgan fingerprint density at radius 2 is 1.69 bits per heavy atom. The normalized spacial score (nSPS) is 20.0. The van der Waals surface area contributed by atoms with Crippen LogP contribution in [-0.4, -0.2) is 116 Å².